The van der Waals surface area contributed by atoms with Crippen molar-refractivity contribution in [2.24, 2.45) is 0 Å². The molecule has 7 nitrogen and oxygen atoms in total. The number of sulfonamides is 1. The number of hydrogen-bond donors (Lipinski definition) is 3. The second-order valence-electron chi connectivity index (χ2n) is 11.3. The molecule has 0 saturated carbocycles. The van der Waals surface area contributed by atoms with Gasteiger partial charge in [0.25, 0.3) is 0 Å². The molecule has 4 aromatic carbocycles. The first kappa shape index (κ1) is 30.4. The zero-order valence-corrected chi connectivity index (χ0v) is 25.0. The SMILES string of the molecule is Cc1cc(-c2cccc(S(=O)(=O)N(C)C[C@H](O)CNC(C)(C)Cc3ccc4ccccc4c3)c2C)ccc1C(=O)O. The molecule has 1 atom stereocenters. The molecule has 3 N–H and O–H groups in total. The van der Waals surface area contributed by atoms with E-state index in [0.717, 1.165) is 12.0 Å². The first-order valence-corrected chi connectivity index (χ1v) is 15.0. The predicted molar refractivity (Wildman–Crippen MR) is 164 cm³/mol. The summed E-state index contributed by atoms with van der Waals surface area (Å²) in [4.78, 5) is 11.5. The highest BCUT2D eigenvalue weighted by atomic mass is 32.2. The monoisotopic (exact) mass is 574 g/mol. The van der Waals surface area contributed by atoms with Crippen LogP contribution in [0.25, 0.3) is 21.9 Å². The number of nitrogens with zero attached hydrogens (tertiary/aromatic N) is 1. The zero-order chi connectivity index (χ0) is 29.9. The van der Waals surface area contributed by atoms with Crippen molar-refractivity contribution < 1.29 is 23.4 Å². The second-order valence-corrected chi connectivity index (χ2v) is 13.3. The number of rotatable bonds is 11. The lowest BCUT2D eigenvalue weighted by Crippen LogP contribution is -2.47. The van der Waals surface area contributed by atoms with Crippen LogP contribution in [0.2, 0.25) is 0 Å². The summed E-state index contributed by atoms with van der Waals surface area (Å²) in [5.41, 5.74) is 3.67. The Hall–Kier alpha value is -3.56. The molecule has 216 valence electrons. The van der Waals surface area contributed by atoms with E-state index in [4.69, 9.17) is 0 Å². The van der Waals surface area contributed by atoms with E-state index in [1.54, 1.807) is 38.1 Å². The van der Waals surface area contributed by atoms with Crippen molar-refractivity contribution in [2.75, 3.05) is 20.1 Å². The lowest BCUT2D eigenvalue weighted by atomic mass is 9.93. The van der Waals surface area contributed by atoms with E-state index in [2.05, 4.69) is 49.5 Å². The van der Waals surface area contributed by atoms with Gasteiger partial charge < -0.3 is 15.5 Å². The summed E-state index contributed by atoms with van der Waals surface area (Å²) in [6.07, 6.45) is -0.169. The molecule has 0 aliphatic rings. The van der Waals surface area contributed by atoms with Crippen LogP contribution in [0.15, 0.2) is 83.8 Å². The van der Waals surface area contributed by atoms with Gasteiger partial charge in [-0.3, -0.25) is 0 Å². The molecule has 8 heteroatoms. The Balaban J connectivity index is 1.43. The van der Waals surface area contributed by atoms with Crippen molar-refractivity contribution in [1.82, 2.24) is 9.62 Å². The number of benzene rings is 4. The summed E-state index contributed by atoms with van der Waals surface area (Å²) >= 11 is 0. The zero-order valence-electron chi connectivity index (χ0n) is 24.2. The van der Waals surface area contributed by atoms with Crippen LogP contribution in [-0.2, 0) is 16.4 Å². The smallest absolute Gasteiger partial charge is 0.335 e. The number of carboxylic acids is 1. The second kappa shape index (κ2) is 12.1. The molecule has 0 saturated heterocycles. The van der Waals surface area contributed by atoms with Gasteiger partial charge in [0, 0.05) is 25.7 Å². The third-order valence-corrected chi connectivity index (χ3v) is 9.45. The predicted octanol–water partition coefficient (Wildman–Crippen LogP) is 5.41. The highest BCUT2D eigenvalue weighted by Crippen LogP contribution is 2.31. The number of nitrogens with one attached hydrogen (secondary N) is 1. The van der Waals surface area contributed by atoms with Gasteiger partial charge in [0.15, 0.2) is 0 Å². The molecule has 4 aromatic rings. The summed E-state index contributed by atoms with van der Waals surface area (Å²) in [6.45, 7) is 7.75. The largest absolute Gasteiger partial charge is 0.478 e. The Labute approximate surface area is 242 Å². The van der Waals surface area contributed by atoms with Gasteiger partial charge in [-0.2, -0.15) is 4.31 Å². The molecule has 0 unspecified atom stereocenters. The molecule has 0 aromatic heterocycles. The number of aryl methyl sites for hydroxylation is 1. The van der Waals surface area contributed by atoms with E-state index in [9.17, 15) is 23.4 Å². The first-order chi connectivity index (χ1) is 19.3. The normalized spacial score (nSPS) is 13.0. The van der Waals surface area contributed by atoms with Crippen LogP contribution < -0.4 is 5.32 Å². The molecular weight excluding hydrogens is 536 g/mol. The summed E-state index contributed by atoms with van der Waals surface area (Å²) in [5, 5.41) is 25.9. The molecule has 0 heterocycles. The maximum Gasteiger partial charge on any atom is 0.335 e. The minimum absolute atomic E-state index is 0.0720. The molecule has 0 aliphatic carbocycles. The molecule has 0 radical (unpaired) electrons. The Morgan fingerprint density at radius 3 is 2.34 bits per heavy atom. The Morgan fingerprint density at radius 2 is 1.66 bits per heavy atom. The first-order valence-electron chi connectivity index (χ1n) is 13.6. The minimum atomic E-state index is -3.90. The van der Waals surface area contributed by atoms with E-state index in [1.807, 2.05) is 18.2 Å². The topological polar surface area (TPSA) is 107 Å². The number of hydrogen-bond acceptors (Lipinski definition) is 5. The number of carboxylic acid groups (broad SMARTS) is 1. The van der Waals surface area contributed by atoms with Crippen molar-refractivity contribution in [3.8, 4) is 11.1 Å². The van der Waals surface area contributed by atoms with Crippen LogP contribution in [0.1, 0.15) is 40.9 Å². The average molecular weight is 575 g/mol. The summed E-state index contributed by atoms with van der Waals surface area (Å²) < 4.78 is 28.3. The van der Waals surface area contributed by atoms with Gasteiger partial charge in [0.05, 0.1) is 16.6 Å². The molecule has 0 spiro atoms. The van der Waals surface area contributed by atoms with Gasteiger partial charge in [-0.15, -0.1) is 0 Å². The lowest BCUT2D eigenvalue weighted by Gasteiger charge is -2.29. The summed E-state index contributed by atoms with van der Waals surface area (Å²) in [6, 6.07) is 24.6. The van der Waals surface area contributed by atoms with Crippen LogP contribution in [0, 0.1) is 13.8 Å². The van der Waals surface area contributed by atoms with Gasteiger partial charge in [0.2, 0.25) is 10.0 Å². The van der Waals surface area contributed by atoms with Gasteiger partial charge in [0.1, 0.15) is 0 Å². The number of fused-ring (bicyclic) bond motifs is 1. The third-order valence-electron chi connectivity index (χ3n) is 7.48. The van der Waals surface area contributed by atoms with Crippen LogP contribution >= 0.6 is 0 Å². The molecule has 0 fully saturated rings. The Morgan fingerprint density at radius 1 is 0.951 bits per heavy atom. The minimum Gasteiger partial charge on any atom is -0.478 e. The fourth-order valence-electron chi connectivity index (χ4n) is 5.22. The molecule has 0 amide bonds. The Bertz CT molecular complexity index is 1680. The molecule has 4 rings (SSSR count). The lowest BCUT2D eigenvalue weighted by molar-refractivity contribution is 0.0696. The number of likely N-dealkylation sites (N-methyl/N-ethyl adjacent to an activating group) is 1. The van der Waals surface area contributed by atoms with Crippen molar-refractivity contribution in [2.45, 2.75) is 50.7 Å². The summed E-state index contributed by atoms with van der Waals surface area (Å²) in [7, 11) is -2.43. The quantitative estimate of drug-likeness (QED) is 0.221. The van der Waals surface area contributed by atoms with Crippen molar-refractivity contribution in [1.29, 1.82) is 0 Å². The highest BCUT2D eigenvalue weighted by molar-refractivity contribution is 7.89. The van der Waals surface area contributed by atoms with Gasteiger partial charge in [-0.25, -0.2) is 13.2 Å². The maximum absolute atomic E-state index is 13.5. The fourth-order valence-corrected chi connectivity index (χ4v) is 6.67. The van der Waals surface area contributed by atoms with E-state index in [0.29, 0.717) is 16.7 Å². The molecule has 41 heavy (non-hydrogen) atoms. The van der Waals surface area contributed by atoms with Crippen molar-refractivity contribution in [3.63, 3.8) is 0 Å². The highest BCUT2D eigenvalue weighted by Gasteiger charge is 2.27. The van der Waals surface area contributed by atoms with Crippen LogP contribution in [0.3, 0.4) is 0 Å². The summed E-state index contributed by atoms with van der Waals surface area (Å²) in [5.74, 6) is -1.01. The average Bonchev–Trinajstić information content (AvgIpc) is 2.91. The number of aliphatic hydroxyl groups excluding tert-OH is 1. The van der Waals surface area contributed by atoms with E-state index < -0.39 is 22.1 Å². The van der Waals surface area contributed by atoms with E-state index in [1.165, 1.54) is 33.8 Å². The Kier molecular flexibility index (Phi) is 8.99. The molecular formula is C33H38N2O5S. The fraction of sp³-hybridized carbons (Fsp3) is 0.303. The number of aromatic carboxylic acids is 1. The van der Waals surface area contributed by atoms with Crippen LogP contribution in [0.4, 0.5) is 0 Å². The van der Waals surface area contributed by atoms with Crippen LogP contribution in [-0.4, -0.2) is 60.7 Å². The number of β-amino-alcohol motifs (C(OH)–C–C–N with tert-alkyl or cyclic N) is 1. The van der Waals surface area contributed by atoms with Gasteiger partial charge in [-0.1, -0.05) is 66.7 Å². The third kappa shape index (κ3) is 7.02. The standard InChI is InChI=1S/C33H38N2O5S/c1-22-17-27(15-16-29(22)32(37)38)30-11-8-12-31(23(30)2)41(39,40)35(5)21-28(36)20-34-33(3,4)19-24-13-14-25-9-6-7-10-26(25)18-24/h6-18,28,34,36H,19-21H2,1-5H3,(H,37,38)/t28-/m1/s1. The van der Waals surface area contributed by atoms with Gasteiger partial charge in [-0.05, 0) is 84.8 Å². The number of carbonyl (C=O) groups is 1. The van der Waals surface area contributed by atoms with Crippen molar-refractivity contribution >= 4 is 26.8 Å². The number of aliphatic hydroxyl groups is 1. The molecule has 0 aliphatic heterocycles. The van der Waals surface area contributed by atoms with E-state index >= 15 is 0 Å². The van der Waals surface area contributed by atoms with E-state index in [-0.39, 0.29) is 29.1 Å². The maximum atomic E-state index is 13.5. The van der Waals surface area contributed by atoms with Gasteiger partial charge >= 0.3 is 5.97 Å². The van der Waals surface area contributed by atoms with Crippen LogP contribution in [0.5, 0.6) is 0 Å². The van der Waals surface area contributed by atoms with Crippen molar-refractivity contribution in [3.05, 3.63) is 101 Å². The molecule has 0 bridgehead atoms.